The normalized spacial score (nSPS) is 14.8. The van der Waals surface area contributed by atoms with Crippen LogP contribution in [0.3, 0.4) is 0 Å². The molecule has 0 bridgehead atoms. The molecule has 1 amide bonds. The number of carbonyl (C=O) groups is 1. The van der Waals surface area contributed by atoms with Crippen LogP contribution in [0.2, 0.25) is 10.0 Å². The molecule has 1 atom stereocenters. The van der Waals surface area contributed by atoms with Crippen LogP contribution < -0.4 is 5.32 Å². The monoisotopic (exact) mass is 403 g/mol. The van der Waals surface area contributed by atoms with E-state index in [0.717, 1.165) is 26.9 Å². The van der Waals surface area contributed by atoms with Gasteiger partial charge in [0.25, 0.3) is 0 Å². The molecular formula is C15H9BrCl3NO. The van der Waals surface area contributed by atoms with E-state index in [2.05, 4.69) is 21.2 Å². The smallest absolute Gasteiger partial charge is 0.228 e. The first-order valence-corrected chi connectivity index (χ1v) is 8.15. The minimum Gasteiger partial charge on any atom is -0.325 e. The average molecular weight is 406 g/mol. The van der Waals surface area contributed by atoms with Gasteiger partial charge < -0.3 is 5.32 Å². The first-order valence-electron chi connectivity index (χ1n) is 6.17. The fourth-order valence-corrected chi connectivity index (χ4v) is 4.08. The highest BCUT2D eigenvalue weighted by Gasteiger charge is 2.23. The van der Waals surface area contributed by atoms with Gasteiger partial charge >= 0.3 is 0 Å². The third kappa shape index (κ3) is 2.93. The van der Waals surface area contributed by atoms with Gasteiger partial charge in [-0.05, 0) is 41.0 Å². The molecule has 0 saturated carbocycles. The van der Waals surface area contributed by atoms with Crippen LogP contribution in [0.1, 0.15) is 22.1 Å². The molecule has 1 heterocycles. The number of fused-ring (bicyclic) bond motifs is 1. The molecule has 0 aliphatic carbocycles. The predicted molar refractivity (Wildman–Crippen MR) is 90.6 cm³/mol. The summed E-state index contributed by atoms with van der Waals surface area (Å²) >= 11 is 22.3. The van der Waals surface area contributed by atoms with E-state index >= 15 is 0 Å². The number of benzene rings is 2. The molecule has 1 N–H and O–H groups in total. The van der Waals surface area contributed by atoms with Gasteiger partial charge in [-0.15, -0.1) is 11.6 Å². The molecule has 3 rings (SSSR count). The topological polar surface area (TPSA) is 29.1 Å². The van der Waals surface area contributed by atoms with Crippen LogP contribution in [-0.2, 0) is 11.2 Å². The Morgan fingerprint density at radius 3 is 2.62 bits per heavy atom. The molecule has 0 aromatic heterocycles. The van der Waals surface area contributed by atoms with Gasteiger partial charge in [-0.3, -0.25) is 4.79 Å². The van der Waals surface area contributed by atoms with E-state index in [1.165, 1.54) is 0 Å². The Kier molecular flexibility index (Phi) is 4.19. The maximum absolute atomic E-state index is 11.4. The van der Waals surface area contributed by atoms with Gasteiger partial charge in [0.05, 0.1) is 11.8 Å². The van der Waals surface area contributed by atoms with Crippen LogP contribution in [0.5, 0.6) is 0 Å². The number of rotatable bonds is 2. The fourth-order valence-electron chi connectivity index (χ4n) is 2.34. The summed E-state index contributed by atoms with van der Waals surface area (Å²) in [6.07, 6.45) is 0.352. The number of halogens is 4. The second kappa shape index (κ2) is 5.81. The zero-order valence-electron chi connectivity index (χ0n) is 10.6. The van der Waals surface area contributed by atoms with Gasteiger partial charge in [-0.1, -0.05) is 45.2 Å². The average Bonchev–Trinajstić information content (AvgIpc) is 2.76. The molecule has 2 aromatic carbocycles. The maximum atomic E-state index is 11.4. The van der Waals surface area contributed by atoms with Crippen molar-refractivity contribution in [3.63, 3.8) is 0 Å². The minimum absolute atomic E-state index is 0.0305. The van der Waals surface area contributed by atoms with Gasteiger partial charge in [0, 0.05) is 20.2 Å². The molecular weight excluding hydrogens is 396 g/mol. The number of amides is 1. The molecule has 6 heteroatoms. The predicted octanol–water partition coefficient (Wildman–Crippen LogP) is 5.58. The largest absolute Gasteiger partial charge is 0.325 e. The summed E-state index contributed by atoms with van der Waals surface area (Å²) in [7, 11) is 0. The second-order valence-corrected chi connectivity index (χ2v) is 6.92. The Bertz CT molecular complexity index is 748. The van der Waals surface area contributed by atoms with Crippen molar-refractivity contribution in [3.8, 4) is 0 Å². The summed E-state index contributed by atoms with van der Waals surface area (Å²) in [6, 6.07) is 9.06. The Hall–Kier alpha value is -0.740. The summed E-state index contributed by atoms with van der Waals surface area (Å²) in [5.41, 5.74) is 3.32. The summed E-state index contributed by atoms with van der Waals surface area (Å²) in [6.45, 7) is 0. The first-order chi connectivity index (χ1) is 9.95. The van der Waals surface area contributed by atoms with E-state index in [-0.39, 0.29) is 5.91 Å². The molecule has 2 aromatic rings. The van der Waals surface area contributed by atoms with Crippen LogP contribution >= 0.6 is 50.7 Å². The zero-order chi connectivity index (χ0) is 15.1. The van der Waals surface area contributed by atoms with Crippen molar-refractivity contribution in [2.45, 2.75) is 11.8 Å². The standard InChI is InChI=1S/C15H9BrCl3NO/c16-11-5-8(17)1-2-9(11)15(19)10-3-7-4-14(21)20-13(7)6-12(10)18/h1-3,5-6,15H,4H2,(H,20,21). The SMILES string of the molecule is O=C1Cc2cc(C(Cl)c3ccc(Cl)cc3Br)c(Cl)cc2N1. The number of hydrogen-bond acceptors (Lipinski definition) is 1. The van der Waals surface area contributed by atoms with E-state index in [9.17, 15) is 4.79 Å². The second-order valence-electron chi connectivity index (χ2n) is 4.78. The Balaban J connectivity index is 2.04. The summed E-state index contributed by atoms with van der Waals surface area (Å²) < 4.78 is 0.820. The third-order valence-corrected chi connectivity index (χ3v) is 5.08. The van der Waals surface area contributed by atoms with Gasteiger partial charge in [-0.2, -0.15) is 0 Å². The number of anilines is 1. The van der Waals surface area contributed by atoms with Crippen LogP contribution in [0.15, 0.2) is 34.8 Å². The van der Waals surface area contributed by atoms with E-state index in [4.69, 9.17) is 34.8 Å². The molecule has 1 aliphatic rings. The van der Waals surface area contributed by atoms with Gasteiger partial charge in [0.1, 0.15) is 0 Å². The molecule has 0 radical (unpaired) electrons. The Morgan fingerprint density at radius 1 is 1.14 bits per heavy atom. The van der Waals surface area contributed by atoms with E-state index < -0.39 is 5.38 Å². The van der Waals surface area contributed by atoms with Gasteiger partial charge in [0.15, 0.2) is 0 Å². The van der Waals surface area contributed by atoms with Gasteiger partial charge in [-0.25, -0.2) is 0 Å². The molecule has 0 saturated heterocycles. The number of nitrogens with one attached hydrogen (secondary N) is 1. The quantitative estimate of drug-likeness (QED) is 0.650. The van der Waals surface area contributed by atoms with Crippen molar-refractivity contribution in [2.75, 3.05) is 5.32 Å². The molecule has 21 heavy (non-hydrogen) atoms. The summed E-state index contributed by atoms with van der Waals surface area (Å²) in [4.78, 5) is 11.4. The number of carbonyl (C=O) groups excluding carboxylic acids is 1. The minimum atomic E-state index is -0.426. The van der Waals surface area contributed by atoms with E-state index in [0.29, 0.717) is 16.5 Å². The van der Waals surface area contributed by atoms with Gasteiger partial charge in [0.2, 0.25) is 5.91 Å². The van der Waals surface area contributed by atoms with Crippen LogP contribution in [0.4, 0.5) is 5.69 Å². The molecule has 0 fully saturated rings. The van der Waals surface area contributed by atoms with Crippen molar-refractivity contribution in [1.82, 2.24) is 0 Å². The third-order valence-electron chi connectivity index (χ3n) is 3.36. The lowest BCUT2D eigenvalue weighted by atomic mass is 10.0. The van der Waals surface area contributed by atoms with Crippen molar-refractivity contribution in [1.29, 1.82) is 0 Å². The van der Waals surface area contributed by atoms with Crippen molar-refractivity contribution < 1.29 is 4.79 Å². The molecule has 108 valence electrons. The van der Waals surface area contributed by atoms with Crippen LogP contribution in [-0.4, -0.2) is 5.91 Å². The summed E-state index contributed by atoms with van der Waals surface area (Å²) in [5.74, 6) is -0.0305. The number of hydrogen-bond donors (Lipinski definition) is 1. The summed E-state index contributed by atoms with van der Waals surface area (Å²) in [5, 5.41) is 3.50. The first kappa shape index (κ1) is 15.2. The van der Waals surface area contributed by atoms with Crippen molar-refractivity contribution in [2.24, 2.45) is 0 Å². The lowest BCUT2D eigenvalue weighted by Gasteiger charge is -2.15. The number of alkyl halides is 1. The lowest BCUT2D eigenvalue weighted by Crippen LogP contribution is -2.03. The van der Waals surface area contributed by atoms with Crippen molar-refractivity contribution >= 4 is 62.3 Å². The van der Waals surface area contributed by atoms with E-state index in [1.807, 2.05) is 12.1 Å². The highest BCUT2D eigenvalue weighted by Crippen LogP contribution is 2.41. The molecule has 1 unspecified atom stereocenters. The molecule has 2 nitrogen and oxygen atoms in total. The van der Waals surface area contributed by atoms with Crippen molar-refractivity contribution in [3.05, 3.63) is 61.5 Å². The van der Waals surface area contributed by atoms with Crippen LogP contribution in [0, 0.1) is 0 Å². The fraction of sp³-hybridized carbons (Fsp3) is 0.133. The highest BCUT2D eigenvalue weighted by molar-refractivity contribution is 9.10. The molecule has 1 aliphatic heterocycles. The van der Waals surface area contributed by atoms with E-state index in [1.54, 1.807) is 18.2 Å². The Labute approximate surface area is 145 Å². The molecule has 0 spiro atoms. The highest BCUT2D eigenvalue weighted by atomic mass is 79.9. The Morgan fingerprint density at radius 2 is 1.90 bits per heavy atom. The zero-order valence-corrected chi connectivity index (χ0v) is 14.4. The maximum Gasteiger partial charge on any atom is 0.228 e. The lowest BCUT2D eigenvalue weighted by molar-refractivity contribution is -0.115. The van der Waals surface area contributed by atoms with Crippen LogP contribution in [0.25, 0.3) is 0 Å².